The molecule has 0 aliphatic heterocycles. The Hall–Kier alpha value is -1.29. The van der Waals surface area contributed by atoms with Crippen molar-refractivity contribution in [1.82, 2.24) is 9.47 Å². The lowest BCUT2D eigenvalue weighted by Gasteiger charge is -2.27. The molecule has 0 fully saturated rings. The van der Waals surface area contributed by atoms with Gasteiger partial charge in [-0.1, -0.05) is 13.8 Å². The third-order valence-electron chi connectivity index (χ3n) is 3.17. The number of aromatic carboxylic acids is 1. The first-order chi connectivity index (χ1) is 7.52. The molecular formula is C12H20N2O2. The van der Waals surface area contributed by atoms with Crippen LogP contribution in [0, 0.1) is 0 Å². The number of hydrogen-bond acceptors (Lipinski definition) is 2. The van der Waals surface area contributed by atoms with E-state index in [1.807, 2.05) is 6.07 Å². The van der Waals surface area contributed by atoms with E-state index >= 15 is 0 Å². The summed E-state index contributed by atoms with van der Waals surface area (Å²) in [7, 11) is 1.80. The third-order valence-corrected chi connectivity index (χ3v) is 3.17. The van der Waals surface area contributed by atoms with E-state index in [-0.39, 0.29) is 6.04 Å². The van der Waals surface area contributed by atoms with Gasteiger partial charge in [0, 0.05) is 18.8 Å². The van der Waals surface area contributed by atoms with Crippen molar-refractivity contribution in [1.29, 1.82) is 0 Å². The van der Waals surface area contributed by atoms with Gasteiger partial charge in [0.1, 0.15) is 5.69 Å². The highest BCUT2D eigenvalue weighted by atomic mass is 16.4. The van der Waals surface area contributed by atoms with Crippen LogP contribution < -0.4 is 0 Å². The van der Waals surface area contributed by atoms with Crippen LogP contribution in [0.25, 0.3) is 0 Å². The summed E-state index contributed by atoms with van der Waals surface area (Å²) in [5.74, 6) is -0.875. The average molecular weight is 224 g/mol. The van der Waals surface area contributed by atoms with Gasteiger partial charge in [0.05, 0.1) is 0 Å². The average Bonchev–Trinajstić information content (AvgIpc) is 2.61. The van der Waals surface area contributed by atoms with E-state index in [2.05, 4.69) is 25.7 Å². The Morgan fingerprint density at radius 2 is 2.00 bits per heavy atom. The van der Waals surface area contributed by atoms with Crippen LogP contribution in [0.5, 0.6) is 0 Å². The topological polar surface area (TPSA) is 45.5 Å². The summed E-state index contributed by atoms with van der Waals surface area (Å²) >= 11 is 0. The molecule has 1 N–H and O–H groups in total. The van der Waals surface area contributed by atoms with E-state index < -0.39 is 5.97 Å². The highest BCUT2D eigenvalue weighted by Crippen LogP contribution is 2.21. The van der Waals surface area contributed by atoms with Crippen LogP contribution >= 0.6 is 0 Å². The molecular weight excluding hydrogens is 204 g/mol. The lowest BCUT2D eigenvalue weighted by Crippen LogP contribution is -2.28. The molecule has 4 nitrogen and oxygen atoms in total. The maximum absolute atomic E-state index is 10.9. The van der Waals surface area contributed by atoms with E-state index in [0.717, 1.165) is 18.8 Å². The predicted molar refractivity (Wildman–Crippen MR) is 63.7 cm³/mol. The normalized spacial score (nSPS) is 13.1. The summed E-state index contributed by atoms with van der Waals surface area (Å²) in [4.78, 5) is 13.2. The summed E-state index contributed by atoms with van der Waals surface area (Å²) in [5, 5.41) is 8.98. The smallest absolute Gasteiger partial charge is 0.352 e. The van der Waals surface area contributed by atoms with Crippen molar-refractivity contribution in [2.75, 3.05) is 13.1 Å². The molecule has 1 aromatic rings. The second-order valence-electron chi connectivity index (χ2n) is 3.90. The van der Waals surface area contributed by atoms with E-state index in [9.17, 15) is 4.79 Å². The fourth-order valence-corrected chi connectivity index (χ4v) is 2.12. The molecule has 0 aromatic carbocycles. The number of hydrogen-bond donors (Lipinski definition) is 1. The molecule has 0 amide bonds. The van der Waals surface area contributed by atoms with Crippen molar-refractivity contribution in [2.24, 2.45) is 7.05 Å². The van der Waals surface area contributed by atoms with Crippen molar-refractivity contribution in [3.8, 4) is 0 Å². The van der Waals surface area contributed by atoms with Crippen molar-refractivity contribution < 1.29 is 9.90 Å². The Morgan fingerprint density at radius 1 is 1.44 bits per heavy atom. The second kappa shape index (κ2) is 5.16. The van der Waals surface area contributed by atoms with Crippen LogP contribution in [0.15, 0.2) is 12.1 Å². The monoisotopic (exact) mass is 224 g/mol. The van der Waals surface area contributed by atoms with Gasteiger partial charge in [0.15, 0.2) is 0 Å². The van der Waals surface area contributed by atoms with Crippen LogP contribution in [-0.4, -0.2) is 33.6 Å². The predicted octanol–water partition coefficient (Wildman–Crippen LogP) is 2.13. The van der Waals surface area contributed by atoms with Gasteiger partial charge < -0.3 is 9.67 Å². The number of nitrogens with zero attached hydrogens (tertiary/aromatic N) is 2. The third kappa shape index (κ3) is 2.27. The van der Waals surface area contributed by atoms with Crippen LogP contribution in [0.2, 0.25) is 0 Å². The fourth-order valence-electron chi connectivity index (χ4n) is 2.12. The molecule has 0 saturated heterocycles. The molecule has 0 aliphatic rings. The molecule has 16 heavy (non-hydrogen) atoms. The van der Waals surface area contributed by atoms with Crippen LogP contribution in [0.4, 0.5) is 0 Å². The molecule has 0 spiro atoms. The van der Waals surface area contributed by atoms with Gasteiger partial charge >= 0.3 is 5.97 Å². The zero-order chi connectivity index (χ0) is 12.3. The molecule has 0 bridgehead atoms. The molecule has 1 aromatic heterocycles. The molecule has 0 aliphatic carbocycles. The SMILES string of the molecule is CCN(CC)C(C)c1ccc(C(=O)O)n1C. The molecule has 1 atom stereocenters. The molecule has 1 unspecified atom stereocenters. The van der Waals surface area contributed by atoms with Crippen LogP contribution in [-0.2, 0) is 7.05 Å². The van der Waals surface area contributed by atoms with Crippen LogP contribution in [0.1, 0.15) is 43.0 Å². The number of carboxylic acid groups (broad SMARTS) is 1. The highest BCUT2D eigenvalue weighted by Gasteiger charge is 2.18. The minimum atomic E-state index is -0.875. The van der Waals surface area contributed by atoms with Crippen molar-refractivity contribution >= 4 is 5.97 Å². The number of carboxylic acids is 1. The summed E-state index contributed by atoms with van der Waals surface area (Å²) in [6, 6.07) is 3.80. The van der Waals surface area contributed by atoms with E-state index in [4.69, 9.17) is 5.11 Å². The second-order valence-corrected chi connectivity index (χ2v) is 3.90. The highest BCUT2D eigenvalue weighted by molar-refractivity contribution is 5.86. The number of aromatic nitrogens is 1. The molecule has 1 heterocycles. The van der Waals surface area contributed by atoms with E-state index in [0.29, 0.717) is 5.69 Å². The van der Waals surface area contributed by atoms with Crippen molar-refractivity contribution in [3.05, 3.63) is 23.5 Å². The summed E-state index contributed by atoms with van der Waals surface area (Å²) in [6.07, 6.45) is 0. The van der Waals surface area contributed by atoms with Crippen molar-refractivity contribution in [2.45, 2.75) is 26.8 Å². The Morgan fingerprint density at radius 3 is 2.38 bits per heavy atom. The minimum absolute atomic E-state index is 0.244. The summed E-state index contributed by atoms with van der Waals surface area (Å²) in [6.45, 7) is 8.26. The first kappa shape index (κ1) is 12.8. The zero-order valence-corrected chi connectivity index (χ0v) is 10.4. The Kier molecular flexibility index (Phi) is 4.12. The lowest BCUT2D eigenvalue weighted by molar-refractivity contribution is 0.0685. The van der Waals surface area contributed by atoms with Gasteiger partial charge in [-0.3, -0.25) is 4.90 Å². The van der Waals surface area contributed by atoms with E-state index in [1.54, 1.807) is 17.7 Å². The minimum Gasteiger partial charge on any atom is -0.477 e. The maximum Gasteiger partial charge on any atom is 0.352 e. The Bertz CT molecular complexity index is 367. The maximum atomic E-state index is 10.9. The lowest BCUT2D eigenvalue weighted by atomic mass is 10.2. The summed E-state index contributed by atoms with van der Waals surface area (Å²) < 4.78 is 1.76. The van der Waals surface area contributed by atoms with Gasteiger partial charge in [-0.25, -0.2) is 4.79 Å². The summed E-state index contributed by atoms with van der Waals surface area (Å²) in [5.41, 5.74) is 1.38. The molecule has 4 heteroatoms. The number of rotatable bonds is 5. The fraction of sp³-hybridized carbons (Fsp3) is 0.583. The number of carbonyl (C=O) groups is 1. The van der Waals surface area contributed by atoms with Gasteiger partial charge in [0.2, 0.25) is 0 Å². The molecule has 0 radical (unpaired) electrons. The van der Waals surface area contributed by atoms with Crippen LogP contribution in [0.3, 0.4) is 0 Å². The zero-order valence-electron chi connectivity index (χ0n) is 10.4. The van der Waals surface area contributed by atoms with Gasteiger partial charge in [-0.2, -0.15) is 0 Å². The van der Waals surface area contributed by atoms with Gasteiger partial charge in [-0.05, 0) is 32.1 Å². The van der Waals surface area contributed by atoms with Crippen molar-refractivity contribution in [3.63, 3.8) is 0 Å². The Balaban J connectivity index is 3.00. The Labute approximate surface area is 96.5 Å². The van der Waals surface area contributed by atoms with E-state index in [1.165, 1.54) is 0 Å². The first-order valence-electron chi connectivity index (χ1n) is 5.65. The van der Waals surface area contributed by atoms with Gasteiger partial charge in [0.25, 0.3) is 0 Å². The standard InChI is InChI=1S/C12H20N2O2/c1-5-14(6-2)9(3)10-7-8-11(12(15)16)13(10)4/h7-9H,5-6H2,1-4H3,(H,15,16). The molecule has 90 valence electrons. The quantitative estimate of drug-likeness (QED) is 0.833. The van der Waals surface area contributed by atoms with Gasteiger partial charge in [-0.15, -0.1) is 0 Å². The largest absolute Gasteiger partial charge is 0.477 e. The first-order valence-corrected chi connectivity index (χ1v) is 5.65. The molecule has 1 rings (SSSR count). The molecule has 0 saturated carbocycles.